The van der Waals surface area contributed by atoms with Crippen LogP contribution < -0.4 is 0 Å². The van der Waals surface area contributed by atoms with Crippen molar-refractivity contribution in [1.29, 1.82) is 0 Å². The van der Waals surface area contributed by atoms with Gasteiger partial charge >= 0.3 is 0 Å². The molecule has 0 aliphatic heterocycles. The van der Waals surface area contributed by atoms with Crippen molar-refractivity contribution >= 4 is 37.7 Å². The van der Waals surface area contributed by atoms with E-state index in [-0.39, 0.29) is 23.7 Å². The van der Waals surface area contributed by atoms with Gasteiger partial charge in [0.1, 0.15) is 16.1 Å². The third kappa shape index (κ3) is 6.75. The topological polar surface area (TPSA) is 0 Å². The molecule has 0 nitrogen and oxygen atoms in total. The summed E-state index contributed by atoms with van der Waals surface area (Å²) in [6.07, 6.45) is 0. The molecule has 0 heterocycles. The van der Waals surface area contributed by atoms with Gasteiger partial charge in [0.05, 0.1) is 0 Å². The van der Waals surface area contributed by atoms with Gasteiger partial charge in [0.2, 0.25) is 0 Å². The molecule has 8 bridgehead atoms. The second-order valence-corrected chi connectivity index (χ2v) is 34.0. The van der Waals surface area contributed by atoms with Crippen LogP contribution in [0.3, 0.4) is 0 Å². The van der Waals surface area contributed by atoms with E-state index in [2.05, 4.69) is 251 Å². The van der Waals surface area contributed by atoms with Gasteiger partial charge < -0.3 is 0 Å². The Balaban J connectivity index is 1.31. The zero-order chi connectivity index (χ0) is 49.0. The first-order chi connectivity index (χ1) is 33.7. The normalized spacial score (nSPS) is 18.0. The molecule has 346 valence electrons. The molecule has 0 saturated heterocycles. The van der Waals surface area contributed by atoms with Crippen LogP contribution in [0.1, 0.15) is 185 Å². The van der Waals surface area contributed by atoms with Gasteiger partial charge in [0.15, 0.2) is 0 Å². The molecule has 4 atom stereocenters. The largest absolute Gasteiger partial charge is 0.146 e. The Morgan fingerprint density at radius 2 is 0.657 bits per heavy atom. The highest BCUT2D eigenvalue weighted by atomic mass is 28.3. The maximum atomic E-state index is 4.23. The number of hydrogen-bond donors (Lipinski definition) is 0. The third-order valence-electron chi connectivity index (χ3n) is 17.9. The molecule has 0 N–H and O–H groups in total. The Labute approximate surface area is 421 Å². The van der Waals surface area contributed by atoms with E-state index in [1.165, 1.54) is 66.4 Å². The van der Waals surface area contributed by atoms with Crippen LogP contribution in [-0.2, 0) is 0 Å². The molecule has 0 spiro atoms. The van der Waals surface area contributed by atoms with Gasteiger partial charge in [-0.2, -0.15) is 0 Å². The van der Waals surface area contributed by atoms with Gasteiger partial charge in [0, 0.05) is 57.1 Å². The Morgan fingerprint density at radius 1 is 0.343 bits per heavy atom. The molecule has 4 unspecified atom stereocenters. The average Bonchev–Trinajstić information content (AvgIpc) is 3.32. The van der Waals surface area contributed by atoms with Crippen molar-refractivity contribution in [3.05, 3.63) is 199 Å². The smallest absolute Gasteiger partial charge is 0.125 e. The summed E-state index contributed by atoms with van der Waals surface area (Å²) in [7, 11) is -4.21. The fraction of sp³-hybridized carbons (Fsp3) is 0.324. The minimum absolute atomic E-state index is 0.0237. The van der Waals surface area contributed by atoms with Crippen LogP contribution in [0.4, 0.5) is 0 Å². The molecule has 7 aromatic rings. The highest BCUT2D eigenvalue weighted by Gasteiger charge is 2.53. The van der Waals surface area contributed by atoms with Gasteiger partial charge in [0.25, 0.3) is 0 Å². The molecule has 7 aliphatic rings. The molecule has 7 aliphatic carbocycles. The van der Waals surface area contributed by atoms with Gasteiger partial charge in [-0.3, -0.25) is 0 Å². The lowest BCUT2D eigenvalue weighted by molar-refractivity contribution is 0.526. The molecule has 0 fully saturated rings. The van der Waals surface area contributed by atoms with Gasteiger partial charge in [-0.15, -0.1) is 11.1 Å². The second kappa shape index (κ2) is 17.2. The Morgan fingerprint density at radius 3 is 1.03 bits per heavy atom. The van der Waals surface area contributed by atoms with Crippen LogP contribution in [0.5, 0.6) is 0 Å². The van der Waals surface area contributed by atoms with Crippen molar-refractivity contribution in [2.24, 2.45) is 0 Å². The summed E-state index contributed by atoms with van der Waals surface area (Å²) in [5.74, 6) is 23.6. The minimum atomic E-state index is -2.10. The zero-order valence-corrected chi connectivity index (χ0v) is 45.3. The summed E-state index contributed by atoms with van der Waals surface area (Å²) in [4.78, 5) is 0. The van der Waals surface area contributed by atoms with Crippen molar-refractivity contribution in [2.75, 3.05) is 0 Å². The van der Waals surface area contributed by atoms with Crippen molar-refractivity contribution in [1.82, 2.24) is 0 Å². The van der Waals surface area contributed by atoms with Crippen molar-refractivity contribution in [2.45, 2.75) is 140 Å². The first-order valence-corrected chi connectivity index (χ1v) is 30.7. The fourth-order valence-corrected chi connectivity index (χ4v) is 25.4. The molecule has 0 radical (unpaired) electrons. The number of rotatable bonds is 6. The van der Waals surface area contributed by atoms with Crippen LogP contribution in [0.2, 0.25) is 33.2 Å². The second-order valence-electron chi connectivity index (χ2n) is 22.8. The molecular formula is C68H66Si2. The third-order valence-corrected chi connectivity index (χ3v) is 30.5. The van der Waals surface area contributed by atoms with E-state index in [1.807, 2.05) is 0 Å². The Bertz CT molecular complexity index is 3310. The Kier molecular flexibility index (Phi) is 11.4. The molecule has 0 amide bonds. The predicted molar refractivity (Wildman–Crippen MR) is 302 cm³/mol. The summed E-state index contributed by atoms with van der Waals surface area (Å²) < 4.78 is 0. The maximum absolute atomic E-state index is 4.23. The predicted octanol–water partition coefficient (Wildman–Crippen LogP) is 17.1. The van der Waals surface area contributed by atoms with Crippen LogP contribution in [-0.4, -0.2) is 16.1 Å². The average molecular weight is 939 g/mol. The molecule has 70 heavy (non-hydrogen) atoms. The lowest BCUT2D eigenvalue weighted by atomic mass is 9.51. The molecule has 14 rings (SSSR count). The summed E-state index contributed by atoms with van der Waals surface area (Å²) in [5, 5.41) is 4.71. The lowest BCUT2D eigenvalue weighted by Gasteiger charge is -2.51. The summed E-state index contributed by atoms with van der Waals surface area (Å²) in [6, 6.07) is 46.1. The van der Waals surface area contributed by atoms with Gasteiger partial charge in [-0.25, -0.2) is 0 Å². The van der Waals surface area contributed by atoms with Crippen molar-refractivity contribution < 1.29 is 0 Å². The Hall–Kier alpha value is -6.27. The number of hydrogen-bond acceptors (Lipinski definition) is 0. The summed E-state index contributed by atoms with van der Waals surface area (Å²) in [5.41, 5.74) is 29.4. The van der Waals surface area contributed by atoms with Gasteiger partial charge in [-0.1, -0.05) is 191 Å². The van der Waals surface area contributed by atoms with E-state index >= 15 is 0 Å². The minimum Gasteiger partial charge on any atom is -0.125 e. The van der Waals surface area contributed by atoms with Crippen LogP contribution >= 0.6 is 0 Å². The standard InChI is InChI=1S/C68H66Si2/c1-41(2)69(42(3)4,43(5)6)37-35-51-23-17-29-57-63(51)67-61-49-21-15-27-55(61)65(57)66-56-28-16-22-50(34-32-48-20-14-26-54-39-53-25-13-19-47(31-33-49)59(53)40-60(48)54)62(56)68(67)64-52(24-18-30-58(64)66)36-38-70(44(7)8,45(9)10)46(11)12/h13-30,39-46,65-68H,1-12H3. The quantitative estimate of drug-likeness (QED) is 0.0885. The molecular weight excluding hydrogens is 873 g/mol. The first-order valence-electron chi connectivity index (χ1n) is 26.3. The monoisotopic (exact) mass is 938 g/mol. The fourth-order valence-electron chi connectivity index (χ4n) is 15.0. The summed E-state index contributed by atoms with van der Waals surface area (Å²) in [6.45, 7) is 29.2. The molecule has 2 heteroatoms. The van der Waals surface area contributed by atoms with E-state index in [0.717, 1.165) is 33.0 Å². The van der Waals surface area contributed by atoms with Crippen LogP contribution in [0.25, 0.3) is 21.5 Å². The SMILES string of the molecule is CC(C)[Si](C#Cc1cccc2c1C1c3c4cccc3C2C2c3cccc(c3C1c1c(C#C[Si](C(C)C)(C(C)C)C(C)C)cccc12)C#Cc1cccc2cc3cccc(c3cc12)C#C4)(C(C)C)C(C)C. The van der Waals surface area contributed by atoms with Crippen molar-refractivity contribution in [3.8, 4) is 46.6 Å². The van der Waals surface area contributed by atoms with E-state index in [9.17, 15) is 0 Å². The van der Waals surface area contributed by atoms with Gasteiger partial charge in [-0.05, 0) is 148 Å². The van der Waals surface area contributed by atoms with E-state index in [4.69, 9.17) is 0 Å². The first kappa shape index (κ1) is 46.1. The maximum Gasteiger partial charge on any atom is 0.146 e. The molecule has 0 aromatic heterocycles. The van der Waals surface area contributed by atoms with E-state index in [0.29, 0.717) is 33.2 Å². The number of benzene rings is 7. The highest BCUT2D eigenvalue weighted by Crippen LogP contribution is 2.66. The zero-order valence-electron chi connectivity index (χ0n) is 43.3. The highest BCUT2D eigenvalue weighted by molar-refractivity contribution is 6.91. The molecule has 0 saturated carbocycles. The summed E-state index contributed by atoms with van der Waals surface area (Å²) >= 11 is 0. The lowest BCUT2D eigenvalue weighted by Crippen LogP contribution is -2.43. The van der Waals surface area contributed by atoms with E-state index < -0.39 is 16.1 Å². The van der Waals surface area contributed by atoms with Crippen LogP contribution in [0.15, 0.2) is 121 Å². The van der Waals surface area contributed by atoms with Crippen molar-refractivity contribution in [3.63, 3.8) is 0 Å². The van der Waals surface area contributed by atoms with Crippen LogP contribution in [0, 0.1) is 46.6 Å². The van der Waals surface area contributed by atoms with E-state index in [1.54, 1.807) is 0 Å². The molecule has 7 aromatic carbocycles.